The molecule has 6 heteroatoms. The van der Waals surface area contributed by atoms with Gasteiger partial charge in [-0.1, -0.05) is 159 Å². The first-order valence-corrected chi connectivity index (χ1v) is 27.3. The Bertz CT molecular complexity index is 4170. The third-order valence-corrected chi connectivity index (χ3v) is 18.2. The lowest BCUT2D eigenvalue weighted by Gasteiger charge is -2.48. The van der Waals surface area contributed by atoms with Gasteiger partial charge in [0.05, 0.1) is 0 Å². The van der Waals surface area contributed by atoms with Crippen LogP contribution in [0.3, 0.4) is 0 Å². The SMILES string of the molecule is Cc1cc2c(cc1N1c3cc4c(cc3B3c5c1cc1c(c5-c5cc6oc7ccccc7c6cc5N3c3ccc(C(C)(C)C)cc3-c3ccccc3)C(C)(C)c3ccccc3-1)Oc1ccccc1O4)C(C)(C)CCC2(C)C. The van der Waals surface area contributed by atoms with Gasteiger partial charge in [-0.05, 0) is 163 Å². The van der Waals surface area contributed by atoms with E-state index in [2.05, 4.69) is 218 Å². The van der Waals surface area contributed by atoms with Gasteiger partial charge in [-0.25, -0.2) is 0 Å². The Kier molecular flexibility index (Phi) is 9.18. The molecule has 0 atom stereocenters. The molecule has 5 aliphatic rings. The first-order chi connectivity index (χ1) is 36.5. The number of furan rings is 1. The van der Waals surface area contributed by atoms with Gasteiger partial charge in [0.2, 0.25) is 0 Å². The molecule has 0 N–H and O–H groups in total. The summed E-state index contributed by atoms with van der Waals surface area (Å²) in [5.74, 6) is 2.82. The maximum Gasteiger partial charge on any atom is 0.333 e. The summed E-state index contributed by atoms with van der Waals surface area (Å²) in [6, 6.07) is 60.9. The lowest BCUT2D eigenvalue weighted by atomic mass is 9.42. The molecule has 372 valence electrons. The fourth-order valence-corrected chi connectivity index (χ4v) is 14.1. The van der Waals surface area contributed by atoms with Crippen molar-refractivity contribution >= 4 is 68.1 Å². The minimum absolute atomic E-state index is 0.0218. The average Bonchev–Trinajstić information content (AvgIpc) is 3.95. The number of anilines is 5. The molecule has 0 unspecified atom stereocenters. The van der Waals surface area contributed by atoms with E-state index in [1.807, 2.05) is 24.3 Å². The first-order valence-electron chi connectivity index (χ1n) is 27.3. The van der Waals surface area contributed by atoms with Crippen LogP contribution in [0.25, 0.3) is 55.3 Å². The number of ether oxygens (including phenoxy) is 2. The lowest BCUT2D eigenvalue weighted by Crippen LogP contribution is -2.62. The summed E-state index contributed by atoms with van der Waals surface area (Å²) in [7, 11) is 0. The van der Waals surface area contributed by atoms with E-state index in [4.69, 9.17) is 13.9 Å². The number of benzene rings is 9. The summed E-state index contributed by atoms with van der Waals surface area (Å²) < 4.78 is 20.9. The first kappa shape index (κ1) is 45.4. The van der Waals surface area contributed by atoms with E-state index in [1.54, 1.807) is 0 Å². The van der Waals surface area contributed by atoms with Crippen molar-refractivity contribution < 1.29 is 13.9 Å². The van der Waals surface area contributed by atoms with Gasteiger partial charge in [0, 0.05) is 61.8 Å². The zero-order valence-corrected chi connectivity index (χ0v) is 45.2. The van der Waals surface area contributed by atoms with Crippen molar-refractivity contribution in [2.45, 2.75) is 104 Å². The van der Waals surface area contributed by atoms with Crippen molar-refractivity contribution in [1.82, 2.24) is 0 Å². The number of aryl methyl sites for hydroxylation is 1. The zero-order chi connectivity index (χ0) is 51.9. The fraction of sp³-hybridized carbons (Fsp3) is 0.229. The number of para-hydroxylation sites is 3. The van der Waals surface area contributed by atoms with Crippen LogP contribution in [0.5, 0.6) is 23.0 Å². The molecule has 5 nitrogen and oxygen atoms in total. The quantitative estimate of drug-likeness (QED) is 0.165. The van der Waals surface area contributed by atoms with Crippen molar-refractivity contribution in [3.63, 3.8) is 0 Å². The standard InChI is InChI=1S/C70H61BN2O3/c1-40-32-50-51(69(7,8)31-30-68(50,5)6)37-54(40)72-56-39-63-62(75-59-26-18-19-27-60(59)76-63)38-52(56)71-66-57(72)35-47-43-22-14-16-24-49(43)70(9,10)65(47)64(66)48-36-61-46(44-23-15-17-25-58(44)74-61)34-55(48)73(71)53-29-28-42(67(2,3)4)33-45(53)41-20-12-11-13-21-41/h11-29,32-39H,30-31H2,1-10H3. The molecule has 0 fully saturated rings. The maximum absolute atomic E-state index is 6.99. The molecular formula is C70H61BN2O3. The van der Waals surface area contributed by atoms with Crippen molar-refractivity contribution in [3.8, 4) is 56.4 Å². The molecule has 0 radical (unpaired) electrons. The minimum Gasteiger partial charge on any atom is -0.456 e. The fourth-order valence-electron chi connectivity index (χ4n) is 14.1. The Morgan fingerprint density at radius 3 is 1.91 bits per heavy atom. The highest BCUT2D eigenvalue weighted by molar-refractivity contribution is 6.94. The maximum atomic E-state index is 6.99. The van der Waals surface area contributed by atoms with Crippen molar-refractivity contribution in [1.29, 1.82) is 0 Å². The molecule has 3 aliphatic heterocycles. The van der Waals surface area contributed by atoms with E-state index in [0.717, 1.165) is 62.9 Å². The van der Waals surface area contributed by atoms with Gasteiger partial charge in [0.1, 0.15) is 11.2 Å². The molecular weight excluding hydrogens is 928 g/mol. The third kappa shape index (κ3) is 6.27. The average molecular weight is 989 g/mol. The van der Waals surface area contributed by atoms with Crippen LogP contribution in [0.4, 0.5) is 28.4 Å². The van der Waals surface area contributed by atoms with E-state index in [0.29, 0.717) is 23.0 Å². The zero-order valence-electron chi connectivity index (χ0n) is 45.2. The van der Waals surface area contributed by atoms with E-state index < -0.39 is 0 Å². The van der Waals surface area contributed by atoms with Crippen molar-refractivity contribution in [2.75, 3.05) is 9.71 Å². The van der Waals surface area contributed by atoms with Gasteiger partial charge in [0.15, 0.2) is 23.0 Å². The molecule has 15 rings (SSSR count). The second-order valence-corrected chi connectivity index (χ2v) is 25.2. The number of hydrogen-bond acceptors (Lipinski definition) is 5. The highest BCUT2D eigenvalue weighted by Crippen LogP contribution is 2.60. The van der Waals surface area contributed by atoms with Gasteiger partial charge in [0.25, 0.3) is 0 Å². The van der Waals surface area contributed by atoms with Gasteiger partial charge in [-0.15, -0.1) is 0 Å². The van der Waals surface area contributed by atoms with E-state index in [1.165, 1.54) is 78.0 Å². The van der Waals surface area contributed by atoms with Crippen LogP contribution in [0.2, 0.25) is 0 Å². The molecule has 2 aliphatic carbocycles. The molecule has 10 aromatic rings. The van der Waals surface area contributed by atoms with Crippen LogP contribution >= 0.6 is 0 Å². The van der Waals surface area contributed by atoms with E-state index >= 15 is 0 Å². The monoisotopic (exact) mass is 988 g/mol. The molecule has 4 heterocycles. The van der Waals surface area contributed by atoms with Gasteiger partial charge in [-0.3, -0.25) is 0 Å². The van der Waals surface area contributed by atoms with Gasteiger partial charge >= 0.3 is 6.85 Å². The highest BCUT2D eigenvalue weighted by Gasteiger charge is 2.52. The smallest absolute Gasteiger partial charge is 0.333 e. The Hall–Kier alpha value is -7.96. The molecule has 0 saturated carbocycles. The summed E-state index contributed by atoms with van der Waals surface area (Å²) in [6.07, 6.45) is 2.26. The molecule has 0 spiro atoms. The van der Waals surface area contributed by atoms with E-state index in [-0.39, 0.29) is 28.5 Å². The number of rotatable bonds is 3. The second-order valence-electron chi connectivity index (χ2n) is 25.2. The van der Waals surface area contributed by atoms with Crippen LogP contribution < -0.4 is 30.1 Å². The van der Waals surface area contributed by atoms with Gasteiger partial charge < -0.3 is 23.6 Å². The van der Waals surface area contributed by atoms with Crippen LogP contribution in [0, 0.1) is 6.92 Å². The van der Waals surface area contributed by atoms with Crippen LogP contribution in [-0.4, -0.2) is 6.85 Å². The number of nitrogens with zero attached hydrogens (tertiary/aromatic N) is 2. The Morgan fingerprint density at radius 1 is 0.487 bits per heavy atom. The summed E-state index contributed by atoms with van der Waals surface area (Å²) >= 11 is 0. The van der Waals surface area contributed by atoms with Crippen LogP contribution in [0.15, 0.2) is 168 Å². The predicted molar refractivity (Wildman–Crippen MR) is 316 cm³/mol. The van der Waals surface area contributed by atoms with E-state index in [9.17, 15) is 0 Å². The molecule has 0 bridgehead atoms. The molecule has 1 aromatic heterocycles. The second kappa shape index (κ2) is 15.3. The predicted octanol–water partition coefficient (Wildman–Crippen LogP) is 18.1. The van der Waals surface area contributed by atoms with Crippen molar-refractivity contribution in [2.24, 2.45) is 0 Å². The molecule has 76 heavy (non-hydrogen) atoms. The largest absolute Gasteiger partial charge is 0.456 e. The molecule has 0 amide bonds. The Morgan fingerprint density at radius 2 is 1.16 bits per heavy atom. The Balaban J connectivity index is 1.13. The summed E-state index contributed by atoms with van der Waals surface area (Å²) in [5.41, 5.74) is 24.9. The molecule has 9 aromatic carbocycles. The Labute approximate surface area is 446 Å². The van der Waals surface area contributed by atoms with Gasteiger partial charge in [-0.2, -0.15) is 0 Å². The summed E-state index contributed by atoms with van der Waals surface area (Å²) in [5, 5.41) is 2.20. The normalized spacial score (nSPS) is 16.6. The third-order valence-electron chi connectivity index (χ3n) is 18.2. The summed E-state index contributed by atoms with van der Waals surface area (Å²) in [4.78, 5) is 5.30. The lowest BCUT2D eigenvalue weighted by molar-refractivity contribution is 0.332. The number of hydrogen-bond donors (Lipinski definition) is 0. The summed E-state index contributed by atoms with van der Waals surface area (Å²) in [6.45, 7) is 23.6. The minimum atomic E-state index is -0.342. The topological polar surface area (TPSA) is 38.1 Å². The molecule has 0 saturated heterocycles. The van der Waals surface area contributed by atoms with Crippen molar-refractivity contribution in [3.05, 3.63) is 197 Å². The number of fused-ring (bicyclic) bond motifs is 14. The van der Waals surface area contributed by atoms with Crippen LogP contribution in [-0.2, 0) is 21.7 Å². The van der Waals surface area contributed by atoms with Crippen LogP contribution in [0.1, 0.15) is 109 Å². The highest BCUT2D eigenvalue weighted by atomic mass is 16.6.